The fourth-order valence-corrected chi connectivity index (χ4v) is 8.69. The molecule has 4 N–H and O–H groups in total. The lowest BCUT2D eigenvalue weighted by Crippen LogP contribution is -2.46. The van der Waals surface area contributed by atoms with Gasteiger partial charge in [0.05, 0.1) is 19.2 Å². The zero-order chi connectivity index (χ0) is 54.1. The molecule has 3 fully saturated rings. The van der Waals surface area contributed by atoms with E-state index in [1.807, 2.05) is 23.6 Å². The monoisotopic (exact) mass is 1140 g/mol. The van der Waals surface area contributed by atoms with E-state index in [9.17, 15) is 50.6 Å². The predicted octanol–water partition coefficient (Wildman–Crippen LogP) is 12.0. The molecule has 22 heteroatoms. The van der Waals surface area contributed by atoms with Crippen molar-refractivity contribution in [1.82, 2.24) is 15.6 Å². The highest BCUT2D eigenvalue weighted by Gasteiger charge is 2.31. The van der Waals surface area contributed by atoms with Crippen LogP contribution in [0.5, 0.6) is 0 Å². The van der Waals surface area contributed by atoms with Gasteiger partial charge >= 0.3 is 17.9 Å². The van der Waals surface area contributed by atoms with Crippen LogP contribution in [0.2, 0.25) is 5.02 Å². The van der Waals surface area contributed by atoms with Crippen molar-refractivity contribution in [3.63, 3.8) is 0 Å². The van der Waals surface area contributed by atoms with Crippen LogP contribution in [-0.2, 0) is 16.0 Å². The van der Waals surface area contributed by atoms with Crippen molar-refractivity contribution in [2.24, 2.45) is 0 Å². The second kappa shape index (κ2) is 26.0. The first-order valence-corrected chi connectivity index (χ1v) is 24.1. The maximum absolute atomic E-state index is 14.9. The van der Waals surface area contributed by atoms with Crippen LogP contribution < -0.4 is 20.4 Å². The van der Waals surface area contributed by atoms with Gasteiger partial charge in [-0.1, -0.05) is 57.9 Å². The number of fused-ring (bicyclic) bond motifs is 1. The van der Waals surface area contributed by atoms with E-state index >= 15 is 0 Å². The number of carboxylic acid groups (broad SMARTS) is 2. The van der Waals surface area contributed by atoms with E-state index in [-0.39, 0.29) is 35.4 Å². The number of ether oxygens (including phenoxy) is 1. The molecule has 0 saturated carbocycles. The summed E-state index contributed by atoms with van der Waals surface area (Å²) >= 11 is 9.32. The quantitative estimate of drug-likeness (QED) is 0.0586. The highest BCUT2D eigenvalue weighted by molar-refractivity contribution is 9.10. The lowest BCUT2D eigenvalue weighted by molar-refractivity contribution is -0.139. The zero-order valence-corrected chi connectivity index (χ0v) is 43.7. The summed E-state index contributed by atoms with van der Waals surface area (Å²) in [5.74, 6) is -11.2. The van der Waals surface area contributed by atoms with Gasteiger partial charge in [-0.2, -0.15) is 0 Å². The van der Waals surface area contributed by atoms with Crippen LogP contribution in [0, 0.1) is 41.5 Å². The lowest BCUT2D eigenvalue weighted by atomic mass is 9.95. The number of rotatable bonds is 10. The third-order valence-corrected chi connectivity index (χ3v) is 13.3. The Labute approximate surface area is 447 Å². The van der Waals surface area contributed by atoms with Gasteiger partial charge in [-0.25, -0.2) is 45.6 Å². The predicted molar refractivity (Wildman–Crippen MR) is 278 cm³/mol. The van der Waals surface area contributed by atoms with Gasteiger partial charge in [0, 0.05) is 75.7 Å². The summed E-state index contributed by atoms with van der Waals surface area (Å²) in [6.45, 7) is 15.9. The molecule has 3 aliphatic rings. The van der Waals surface area contributed by atoms with Crippen molar-refractivity contribution < 1.29 is 60.5 Å². The molecule has 13 nitrogen and oxygen atoms in total. The number of amides is 1. The van der Waals surface area contributed by atoms with E-state index in [0.29, 0.717) is 56.2 Å². The Bertz CT molecular complexity index is 3100. The van der Waals surface area contributed by atoms with Crippen LogP contribution in [0.3, 0.4) is 0 Å². The number of halogens is 9. The number of benzene rings is 5. The van der Waals surface area contributed by atoms with Crippen molar-refractivity contribution in [2.75, 3.05) is 36.5 Å². The second-order valence-corrected chi connectivity index (χ2v) is 18.8. The van der Waals surface area contributed by atoms with Crippen LogP contribution in [0.25, 0.3) is 26.9 Å². The zero-order valence-electron chi connectivity index (χ0n) is 40.5. The van der Waals surface area contributed by atoms with Gasteiger partial charge in [-0.3, -0.25) is 9.78 Å². The highest BCUT2D eigenvalue weighted by Crippen LogP contribution is 2.37. The molecule has 1 aromatic heterocycles. The number of carbonyl (C=O) groups excluding carboxylic acids is 2. The number of nitrogens with one attached hydrogen (secondary N) is 2. The van der Waals surface area contributed by atoms with E-state index < -0.39 is 81.5 Å². The number of aromatic carboxylic acids is 1. The van der Waals surface area contributed by atoms with Crippen LogP contribution in [0.1, 0.15) is 76.7 Å². The standard InChI is InChI=1S/C30H23ClF2N4O3.C11H11F2NO2.C8H5BrF2O2.C4H9N.ClH/c1-16-9-11-37(16)19-14-24(32)27(25(33)15-19)29(38)36-26(30(39)40)12-17-5-7-22(28-20(17)4-3-10-35-28)21-8-6-18(34-2)13-23(21)31;1-6-2-3-14(6)7-4-8(12)10(11(15)16)9(13)5-7;1-13-8(12)7-5(10)2-4(9)3-6(7)11;1-4-2-3-5-4;/h3-8,10,13-16,26H,9,11-12H2,1H3,(H,36,38)(H,39,40);4-6H,2-3H2,1H3,(H,15,16);2-3H,1H3;4-5H,2-3H2,1H3;1H/t16?,26-;;;;/m0..../s1. The number of hydrogen-bond acceptors (Lipinski definition) is 9. The van der Waals surface area contributed by atoms with Crippen molar-refractivity contribution in [1.29, 1.82) is 0 Å². The number of carboxylic acids is 2. The summed E-state index contributed by atoms with van der Waals surface area (Å²) in [5, 5.41) is 25.0. The Morgan fingerprint density at radius 3 is 1.72 bits per heavy atom. The number of methoxy groups -OCH3 is 1. The molecule has 3 aliphatic heterocycles. The summed E-state index contributed by atoms with van der Waals surface area (Å²) in [5.41, 5.74) is 1.15. The summed E-state index contributed by atoms with van der Waals surface area (Å²) in [6, 6.07) is 17.8. The van der Waals surface area contributed by atoms with Crippen molar-refractivity contribution in [3.8, 4) is 11.1 Å². The number of pyridine rings is 1. The van der Waals surface area contributed by atoms with Gasteiger partial charge in [0.1, 0.15) is 57.6 Å². The Kier molecular flexibility index (Phi) is 20.5. The van der Waals surface area contributed by atoms with Crippen molar-refractivity contribution in [3.05, 3.63) is 163 Å². The fraction of sp³-hybridized carbons (Fsp3) is 0.283. The molecular formula is C53H49BrCl2F6N6O7. The number of nitrogens with zero attached hydrogens (tertiary/aromatic N) is 4. The topological polar surface area (TPSA) is 166 Å². The number of hydrogen-bond donors (Lipinski definition) is 4. The summed E-state index contributed by atoms with van der Waals surface area (Å²) < 4.78 is 86.9. The van der Waals surface area contributed by atoms with E-state index in [0.717, 1.165) is 68.9 Å². The van der Waals surface area contributed by atoms with Crippen molar-refractivity contribution in [2.45, 2.75) is 70.6 Å². The molecule has 9 rings (SSSR count). The Balaban J connectivity index is 0.000000240. The maximum Gasteiger partial charge on any atom is 0.343 e. The Morgan fingerprint density at radius 1 is 0.800 bits per heavy atom. The van der Waals surface area contributed by atoms with E-state index in [1.54, 1.807) is 48.7 Å². The first-order chi connectivity index (χ1) is 35.1. The molecule has 0 aliphatic carbocycles. The minimum absolute atomic E-state index is 0. The minimum Gasteiger partial charge on any atom is -0.480 e. The lowest BCUT2D eigenvalue weighted by Gasteiger charge is -2.40. The van der Waals surface area contributed by atoms with Gasteiger partial charge in [-0.15, -0.1) is 12.4 Å². The average molecular weight is 1150 g/mol. The molecule has 4 atom stereocenters. The summed E-state index contributed by atoms with van der Waals surface area (Å²) in [6.07, 6.45) is 4.67. The number of aromatic nitrogens is 1. The Hall–Kier alpha value is -6.92. The van der Waals surface area contributed by atoms with Gasteiger partial charge in [0.15, 0.2) is 5.69 Å². The third kappa shape index (κ3) is 14.1. The molecule has 0 radical (unpaired) electrons. The van der Waals surface area contributed by atoms with E-state index in [1.165, 1.54) is 13.0 Å². The molecule has 0 bridgehead atoms. The number of carbonyl (C=O) groups is 4. The average Bonchev–Trinajstić information content (AvgIpc) is 3.32. The number of esters is 1. The van der Waals surface area contributed by atoms with Crippen LogP contribution in [0.15, 0.2) is 89.5 Å². The van der Waals surface area contributed by atoms with Gasteiger partial charge in [0.2, 0.25) is 0 Å². The number of anilines is 2. The van der Waals surface area contributed by atoms with Crippen LogP contribution >= 0.6 is 39.9 Å². The van der Waals surface area contributed by atoms with E-state index in [2.05, 4.69) is 48.1 Å². The first-order valence-electron chi connectivity index (χ1n) is 22.9. The van der Waals surface area contributed by atoms with Gasteiger partial charge < -0.3 is 35.4 Å². The summed E-state index contributed by atoms with van der Waals surface area (Å²) in [7, 11) is 1.06. The third-order valence-electron chi connectivity index (χ3n) is 12.5. The molecule has 1 amide bonds. The van der Waals surface area contributed by atoms with Crippen molar-refractivity contribution >= 4 is 91.7 Å². The van der Waals surface area contributed by atoms with E-state index in [4.69, 9.17) is 23.3 Å². The highest BCUT2D eigenvalue weighted by atomic mass is 79.9. The molecule has 396 valence electrons. The smallest absolute Gasteiger partial charge is 0.343 e. The first kappa shape index (κ1) is 59.0. The number of aliphatic carboxylic acids is 1. The molecule has 75 heavy (non-hydrogen) atoms. The molecule has 0 spiro atoms. The Morgan fingerprint density at radius 2 is 1.31 bits per heavy atom. The second-order valence-electron chi connectivity index (χ2n) is 17.4. The molecule has 4 heterocycles. The SMILES string of the molecule is CC1CCN1.CC1CCN1c1cc(F)c(C(=O)O)c(F)c1.COC(=O)c1c(F)cc(Br)cc1F.Cl.[C-]#[N+]c1ccc(-c2ccc(C[C@H](NC(=O)c3c(F)cc(N4CCC4C)cc3F)C(=O)O)c3cccnc23)c(Cl)c1. The van der Waals surface area contributed by atoms with Crippen LogP contribution in [0.4, 0.5) is 43.4 Å². The minimum atomic E-state index is -1.58. The van der Waals surface area contributed by atoms with Crippen LogP contribution in [-0.4, -0.2) is 89.9 Å². The molecule has 3 saturated heterocycles. The molecule has 5 aromatic carbocycles. The van der Waals surface area contributed by atoms with Gasteiger partial charge in [-0.05, 0) is 106 Å². The molecule has 6 aromatic rings. The van der Waals surface area contributed by atoms with Gasteiger partial charge in [0.25, 0.3) is 5.91 Å². The fourth-order valence-electron chi connectivity index (χ4n) is 8.01. The normalized spacial score (nSPS) is 16.4. The maximum atomic E-state index is 14.9. The molecular weight excluding hydrogens is 1100 g/mol. The largest absolute Gasteiger partial charge is 0.480 e. The summed E-state index contributed by atoms with van der Waals surface area (Å²) in [4.78, 5) is 58.0. The molecule has 3 unspecified atom stereocenters.